The molecular weight excluding hydrogens is 208 g/mol. The highest BCUT2D eigenvalue weighted by Crippen LogP contribution is 2.34. The number of aryl methyl sites for hydroxylation is 1. The molecule has 3 rings (SSSR count). The Hall–Kier alpha value is -1.89. The molecule has 0 aromatic heterocycles. The molecule has 2 aromatic carbocycles. The van der Waals surface area contributed by atoms with E-state index in [1.807, 2.05) is 30.3 Å². The summed E-state index contributed by atoms with van der Waals surface area (Å²) in [6.45, 7) is 2.08. The second-order valence-corrected chi connectivity index (χ2v) is 4.63. The number of hydrogen-bond donors (Lipinski definition) is 0. The van der Waals surface area contributed by atoms with Crippen LogP contribution < -0.4 is 0 Å². The first-order valence-corrected chi connectivity index (χ1v) is 5.95. The number of rotatable bonds is 1. The van der Waals surface area contributed by atoms with Crippen LogP contribution in [0.2, 0.25) is 0 Å². The number of carbonyl (C=O) groups is 1. The average molecular weight is 222 g/mol. The summed E-state index contributed by atoms with van der Waals surface area (Å²) in [4.78, 5) is 12.3. The van der Waals surface area contributed by atoms with Gasteiger partial charge in [-0.15, -0.1) is 0 Å². The Bertz CT molecular complexity index is 584. The number of benzene rings is 2. The van der Waals surface area contributed by atoms with Gasteiger partial charge in [-0.3, -0.25) is 4.79 Å². The van der Waals surface area contributed by atoms with Crippen LogP contribution in [0.4, 0.5) is 0 Å². The third kappa shape index (κ3) is 1.59. The van der Waals surface area contributed by atoms with Gasteiger partial charge in [0, 0.05) is 5.56 Å². The lowest BCUT2D eigenvalue weighted by molar-refractivity contribution is 0.0972. The summed E-state index contributed by atoms with van der Waals surface area (Å²) >= 11 is 0. The summed E-state index contributed by atoms with van der Waals surface area (Å²) in [7, 11) is 0. The van der Waals surface area contributed by atoms with Crippen molar-refractivity contribution in [3.05, 3.63) is 70.8 Å². The molecule has 0 spiro atoms. The van der Waals surface area contributed by atoms with Gasteiger partial charge in [0.15, 0.2) is 5.78 Å². The Kier molecular flexibility index (Phi) is 2.32. The molecule has 17 heavy (non-hydrogen) atoms. The normalized spacial score (nSPS) is 18.2. The highest BCUT2D eigenvalue weighted by molar-refractivity contribution is 6.05. The predicted molar refractivity (Wildman–Crippen MR) is 68.4 cm³/mol. The molecule has 2 aromatic rings. The van der Waals surface area contributed by atoms with Crippen LogP contribution in [-0.2, 0) is 6.42 Å². The number of Topliss-reactive ketones (excluding diaryl/α,β-unsaturated/α-hetero) is 1. The van der Waals surface area contributed by atoms with Crippen LogP contribution in [-0.4, -0.2) is 5.78 Å². The van der Waals surface area contributed by atoms with Crippen molar-refractivity contribution in [1.82, 2.24) is 0 Å². The fraction of sp³-hybridized carbons (Fsp3) is 0.188. The van der Waals surface area contributed by atoms with Crippen LogP contribution in [0.1, 0.15) is 33.0 Å². The topological polar surface area (TPSA) is 17.1 Å². The van der Waals surface area contributed by atoms with E-state index in [1.165, 1.54) is 16.7 Å². The molecule has 1 aliphatic carbocycles. The van der Waals surface area contributed by atoms with Crippen LogP contribution >= 0.6 is 0 Å². The first-order chi connectivity index (χ1) is 8.27. The maximum atomic E-state index is 12.3. The van der Waals surface area contributed by atoms with Crippen LogP contribution in [0.5, 0.6) is 0 Å². The zero-order valence-corrected chi connectivity index (χ0v) is 9.81. The van der Waals surface area contributed by atoms with E-state index in [1.54, 1.807) is 0 Å². The molecule has 0 amide bonds. The summed E-state index contributed by atoms with van der Waals surface area (Å²) in [6.07, 6.45) is 0.847. The van der Waals surface area contributed by atoms with E-state index in [9.17, 15) is 4.79 Å². The Morgan fingerprint density at radius 3 is 2.47 bits per heavy atom. The molecule has 1 heteroatoms. The van der Waals surface area contributed by atoms with E-state index in [2.05, 4.69) is 25.1 Å². The minimum absolute atomic E-state index is 0.0219. The van der Waals surface area contributed by atoms with Gasteiger partial charge in [-0.25, -0.2) is 0 Å². The predicted octanol–water partition coefficient (Wildman–Crippen LogP) is 3.52. The van der Waals surface area contributed by atoms with E-state index >= 15 is 0 Å². The van der Waals surface area contributed by atoms with Crippen LogP contribution in [0.15, 0.2) is 48.5 Å². The van der Waals surface area contributed by atoms with Crippen molar-refractivity contribution in [2.45, 2.75) is 19.3 Å². The zero-order valence-electron chi connectivity index (χ0n) is 9.81. The van der Waals surface area contributed by atoms with Crippen molar-refractivity contribution in [3.63, 3.8) is 0 Å². The fourth-order valence-electron chi connectivity index (χ4n) is 2.67. The summed E-state index contributed by atoms with van der Waals surface area (Å²) < 4.78 is 0. The van der Waals surface area contributed by atoms with Crippen molar-refractivity contribution in [3.8, 4) is 0 Å². The Morgan fingerprint density at radius 2 is 1.71 bits per heavy atom. The lowest BCUT2D eigenvalue weighted by Crippen LogP contribution is -2.08. The maximum absolute atomic E-state index is 12.3. The molecule has 0 saturated heterocycles. The van der Waals surface area contributed by atoms with E-state index in [-0.39, 0.29) is 11.7 Å². The fourth-order valence-corrected chi connectivity index (χ4v) is 2.67. The second kappa shape index (κ2) is 3.85. The molecule has 0 bridgehead atoms. The third-order valence-corrected chi connectivity index (χ3v) is 3.59. The Labute approximate surface area is 101 Å². The highest BCUT2D eigenvalue weighted by Gasteiger charge is 2.31. The van der Waals surface area contributed by atoms with E-state index in [4.69, 9.17) is 0 Å². The molecule has 1 nitrogen and oxygen atoms in total. The van der Waals surface area contributed by atoms with Gasteiger partial charge < -0.3 is 0 Å². The summed E-state index contributed by atoms with van der Waals surface area (Å²) in [5, 5.41) is 0. The van der Waals surface area contributed by atoms with Crippen molar-refractivity contribution >= 4 is 5.78 Å². The average Bonchev–Trinajstić information content (AvgIpc) is 2.68. The molecular formula is C16H14O. The summed E-state index contributed by atoms with van der Waals surface area (Å²) in [5.74, 6) is 0.295. The number of hydrogen-bond acceptors (Lipinski definition) is 1. The van der Waals surface area contributed by atoms with Gasteiger partial charge in [0.1, 0.15) is 0 Å². The van der Waals surface area contributed by atoms with Gasteiger partial charge in [-0.05, 0) is 30.0 Å². The molecule has 0 saturated carbocycles. The lowest BCUT2D eigenvalue weighted by atomic mass is 9.92. The van der Waals surface area contributed by atoms with Gasteiger partial charge in [0.2, 0.25) is 0 Å². The van der Waals surface area contributed by atoms with Gasteiger partial charge in [0.05, 0.1) is 5.92 Å². The standard InChI is InChI=1S/C16H14O/c1-11-6-2-4-8-13(11)15-10-12-7-3-5-9-14(12)16(15)17/h2-9,15H,10H2,1H3. The lowest BCUT2D eigenvalue weighted by Gasteiger charge is -2.11. The number of ketones is 1. The van der Waals surface area contributed by atoms with Gasteiger partial charge in [-0.1, -0.05) is 48.5 Å². The Balaban J connectivity index is 2.05. The van der Waals surface area contributed by atoms with Gasteiger partial charge >= 0.3 is 0 Å². The largest absolute Gasteiger partial charge is 0.293 e. The molecule has 1 unspecified atom stereocenters. The number of carbonyl (C=O) groups excluding carboxylic acids is 1. The highest BCUT2D eigenvalue weighted by atomic mass is 16.1. The third-order valence-electron chi connectivity index (χ3n) is 3.59. The molecule has 0 fully saturated rings. The summed E-state index contributed by atoms with van der Waals surface area (Å²) in [6, 6.07) is 16.1. The molecule has 0 radical (unpaired) electrons. The van der Waals surface area contributed by atoms with Crippen molar-refractivity contribution in [1.29, 1.82) is 0 Å². The zero-order chi connectivity index (χ0) is 11.8. The van der Waals surface area contributed by atoms with E-state index < -0.39 is 0 Å². The van der Waals surface area contributed by atoms with Crippen LogP contribution in [0.3, 0.4) is 0 Å². The van der Waals surface area contributed by atoms with Crippen LogP contribution in [0.25, 0.3) is 0 Å². The minimum Gasteiger partial charge on any atom is -0.293 e. The molecule has 0 heterocycles. The smallest absolute Gasteiger partial charge is 0.170 e. The van der Waals surface area contributed by atoms with E-state index in [0.29, 0.717) is 0 Å². The molecule has 1 atom stereocenters. The first-order valence-electron chi connectivity index (χ1n) is 5.95. The minimum atomic E-state index is 0.0219. The van der Waals surface area contributed by atoms with Gasteiger partial charge in [-0.2, -0.15) is 0 Å². The molecule has 0 aliphatic heterocycles. The van der Waals surface area contributed by atoms with Gasteiger partial charge in [0.25, 0.3) is 0 Å². The molecule has 84 valence electrons. The second-order valence-electron chi connectivity index (χ2n) is 4.63. The van der Waals surface area contributed by atoms with Crippen molar-refractivity contribution in [2.75, 3.05) is 0 Å². The van der Waals surface area contributed by atoms with E-state index in [0.717, 1.165) is 12.0 Å². The maximum Gasteiger partial charge on any atom is 0.170 e. The SMILES string of the molecule is Cc1ccccc1C1Cc2ccccc2C1=O. The first kappa shape index (κ1) is 10.3. The quantitative estimate of drug-likeness (QED) is 0.721. The summed E-state index contributed by atoms with van der Waals surface area (Å²) in [5.41, 5.74) is 4.47. The van der Waals surface area contributed by atoms with Crippen molar-refractivity contribution < 1.29 is 4.79 Å². The molecule has 0 N–H and O–H groups in total. The Morgan fingerprint density at radius 1 is 1.00 bits per heavy atom. The monoisotopic (exact) mass is 222 g/mol. The van der Waals surface area contributed by atoms with Crippen molar-refractivity contribution in [2.24, 2.45) is 0 Å². The number of fused-ring (bicyclic) bond motifs is 1. The molecule has 1 aliphatic rings. The van der Waals surface area contributed by atoms with Crippen LogP contribution in [0, 0.1) is 6.92 Å².